The zero-order valence-corrected chi connectivity index (χ0v) is 11.1. The van der Waals surface area contributed by atoms with Crippen LogP contribution in [0.3, 0.4) is 0 Å². The van der Waals surface area contributed by atoms with Gasteiger partial charge in [0.2, 0.25) is 5.91 Å². The van der Waals surface area contributed by atoms with E-state index in [-0.39, 0.29) is 11.9 Å². The minimum Gasteiger partial charge on any atom is -0.337 e. The molecule has 3 nitrogen and oxygen atoms in total. The molecule has 2 atom stereocenters. The van der Waals surface area contributed by atoms with E-state index in [2.05, 4.69) is 33.4 Å². The third kappa shape index (κ3) is 2.11. The fraction of sp³-hybridized carbons (Fsp3) is 0.462. The fourth-order valence-corrected chi connectivity index (χ4v) is 3.20. The van der Waals surface area contributed by atoms with Gasteiger partial charge in [0.05, 0.1) is 6.04 Å². The Labute approximate surface area is 109 Å². The molecule has 2 saturated heterocycles. The monoisotopic (exact) mass is 294 g/mol. The summed E-state index contributed by atoms with van der Waals surface area (Å²) in [5.41, 5.74) is 1.28. The van der Waals surface area contributed by atoms with Crippen LogP contribution in [-0.4, -0.2) is 36.0 Å². The summed E-state index contributed by atoms with van der Waals surface area (Å²) in [6.45, 7) is 1.81. The number of hydrogen-bond acceptors (Lipinski definition) is 2. The number of nitrogens with one attached hydrogen (secondary N) is 1. The Kier molecular flexibility index (Phi) is 2.92. The van der Waals surface area contributed by atoms with Crippen LogP contribution in [0, 0.1) is 0 Å². The molecule has 2 unspecified atom stereocenters. The second-order valence-corrected chi connectivity index (χ2v) is 5.68. The zero-order chi connectivity index (χ0) is 11.8. The Morgan fingerprint density at radius 2 is 2.35 bits per heavy atom. The van der Waals surface area contributed by atoms with Crippen LogP contribution in [0.5, 0.6) is 0 Å². The van der Waals surface area contributed by atoms with Gasteiger partial charge in [-0.3, -0.25) is 4.79 Å². The average molecular weight is 295 g/mol. The summed E-state index contributed by atoms with van der Waals surface area (Å²) in [6, 6.07) is 8.83. The number of nitrogens with zero attached hydrogens (tertiary/aromatic N) is 1. The molecule has 0 aromatic heterocycles. The van der Waals surface area contributed by atoms with Crippen LogP contribution in [-0.2, 0) is 11.2 Å². The molecule has 3 rings (SSSR count). The third-order valence-electron chi connectivity index (χ3n) is 3.66. The number of likely N-dealkylation sites (tertiary alicyclic amines) is 1. The van der Waals surface area contributed by atoms with Gasteiger partial charge >= 0.3 is 0 Å². The molecular formula is C13H15BrN2O. The van der Waals surface area contributed by atoms with Gasteiger partial charge in [-0.2, -0.15) is 0 Å². The lowest BCUT2D eigenvalue weighted by Crippen LogP contribution is -2.48. The van der Waals surface area contributed by atoms with Crippen molar-refractivity contribution in [3.8, 4) is 0 Å². The Morgan fingerprint density at radius 3 is 3.06 bits per heavy atom. The van der Waals surface area contributed by atoms with Gasteiger partial charge in [0.25, 0.3) is 0 Å². The van der Waals surface area contributed by atoms with Crippen LogP contribution < -0.4 is 5.32 Å². The summed E-state index contributed by atoms with van der Waals surface area (Å²) >= 11 is 3.47. The molecule has 4 heteroatoms. The van der Waals surface area contributed by atoms with Crippen molar-refractivity contribution in [3.63, 3.8) is 0 Å². The highest BCUT2D eigenvalue weighted by atomic mass is 79.9. The lowest BCUT2D eigenvalue weighted by Gasteiger charge is -2.27. The summed E-state index contributed by atoms with van der Waals surface area (Å²) < 4.78 is 1.10. The van der Waals surface area contributed by atoms with E-state index in [0.29, 0.717) is 6.04 Å². The van der Waals surface area contributed by atoms with Gasteiger partial charge in [-0.05, 0) is 30.5 Å². The maximum Gasteiger partial charge on any atom is 0.240 e. The van der Waals surface area contributed by atoms with Crippen LogP contribution in [0.4, 0.5) is 0 Å². The van der Waals surface area contributed by atoms with Gasteiger partial charge in [0.15, 0.2) is 0 Å². The van der Waals surface area contributed by atoms with Gasteiger partial charge in [0.1, 0.15) is 0 Å². The molecule has 0 aliphatic carbocycles. The highest BCUT2D eigenvalue weighted by Gasteiger charge is 2.43. The van der Waals surface area contributed by atoms with E-state index < -0.39 is 0 Å². The first kappa shape index (κ1) is 11.2. The predicted octanol–water partition coefficient (Wildman–Crippen LogP) is 1.56. The first-order chi connectivity index (χ1) is 8.24. The molecule has 17 heavy (non-hydrogen) atoms. The number of carbonyl (C=O) groups excluding carboxylic acids is 1. The van der Waals surface area contributed by atoms with Crippen molar-refractivity contribution in [3.05, 3.63) is 34.3 Å². The molecule has 1 aromatic carbocycles. The molecule has 2 heterocycles. The fourth-order valence-electron chi connectivity index (χ4n) is 2.76. The summed E-state index contributed by atoms with van der Waals surface area (Å²) in [6.07, 6.45) is 1.94. The molecule has 2 aliphatic rings. The first-order valence-corrected chi connectivity index (χ1v) is 6.81. The van der Waals surface area contributed by atoms with E-state index in [1.54, 1.807) is 0 Å². The summed E-state index contributed by atoms with van der Waals surface area (Å²) in [7, 11) is 0. The van der Waals surface area contributed by atoms with E-state index in [1.807, 2.05) is 17.0 Å². The highest BCUT2D eigenvalue weighted by Crippen LogP contribution is 2.24. The standard InChI is InChI=1S/C13H15BrN2O/c14-10-3-1-2-9(6-10)4-5-16-11-7-12(13(16)17)15-8-11/h1-3,6,11-12,15H,4-5,7-8H2. The van der Waals surface area contributed by atoms with Crippen molar-refractivity contribution < 1.29 is 4.79 Å². The van der Waals surface area contributed by atoms with E-state index >= 15 is 0 Å². The largest absolute Gasteiger partial charge is 0.337 e. The number of halogens is 1. The van der Waals surface area contributed by atoms with E-state index in [9.17, 15) is 4.79 Å². The van der Waals surface area contributed by atoms with Crippen molar-refractivity contribution in [1.82, 2.24) is 10.2 Å². The van der Waals surface area contributed by atoms with Gasteiger partial charge in [-0.15, -0.1) is 0 Å². The Bertz CT molecular complexity index is 449. The van der Waals surface area contributed by atoms with Crippen molar-refractivity contribution in [1.29, 1.82) is 0 Å². The number of carbonyl (C=O) groups is 1. The molecule has 1 amide bonds. The number of amides is 1. The molecule has 2 aliphatic heterocycles. The average Bonchev–Trinajstić information content (AvgIpc) is 2.88. The van der Waals surface area contributed by atoms with Gasteiger partial charge in [-0.1, -0.05) is 28.1 Å². The van der Waals surface area contributed by atoms with Gasteiger partial charge in [-0.25, -0.2) is 0 Å². The lowest BCUT2D eigenvalue weighted by atomic mass is 10.1. The topological polar surface area (TPSA) is 32.3 Å². The highest BCUT2D eigenvalue weighted by molar-refractivity contribution is 9.10. The number of rotatable bonds is 3. The minimum absolute atomic E-state index is 0.0995. The van der Waals surface area contributed by atoms with Crippen molar-refractivity contribution in [2.45, 2.75) is 24.9 Å². The molecule has 1 N–H and O–H groups in total. The van der Waals surface area contributed by atoms with Crippen LogP contribution in [0.15, 0.2) is 28.7 Å². The molecule has 90 valence electrons. The smallest absolute Gasteiger partial charge is 0.240 e. The third-order valence-corrected chi connectivity index (χ3v) is 4.15. The van der Waals surface area contributed by atoms with E-state index in [1.165, 1.54) is 5.56 Å². The summed E-state index contributed by atoms with van der Waals surface area (Å²) in [5.74, 6) is 0.288. The van der Waals surface area contributed by atoms with Crippen LogP contribution >= 0.6 is 15.9 Å². The molecule has 2 bridgehead atoms. The van der Waals surface area contributed by atoms with Gasteiger partial charge < -0.3 is 10.2 Å². The second-order valence-electron chi connectivity index (χ2n) is 4.76. The Hall–Kier alpha value is -0.870. The first-order valence-electron chi connectivity index (χ1n) is 6.02. The second kappa shape index (κ2) is 4.42. The minimum atomic E-state index is 0.0995. The normalized spacial score (nSPS) is 26.9. The van der Waals surface area contributed by atoms with Crippen LogP contribution in [0.2, 0.25) is 0 Å². The maximum atomic E-state index is 11.9. The van der Waals surface area contributed by atoms with Crippen molar-refractivity contribution >= 4 is 21.8 Å². The van der Waals surface area contributed by atoms with Crippen molar-refractivity contribution in [2.24, 2.45) is 0 Å². The zero-order valence-electron chi connectivity index (χ0n) is 9.53. The summed E-state index contributed by atoms with van der Waals surface area (Å²) in [4.78, 5) is 14.0. The number of fused-ring (bicyclic) bond motifs is 2. The molecule has 2 fully saturated rings. The van der Waals surface area contributed by atoms with Crippen LogP contribution in [0.1, 0.15) is 12.0 Å². The molecule has 0 spiro atoms. The van der Waals surface area contributed by atoms with E-state index in [4.69, 9.17) is 0 Å². The number of hydrogen-bond donors (Lipinski definition) is 1. The van der Waals surface area contributed by atoms with Crippen LogP contribution in [0.25, 0.3) is 0 Å². The van der Waals surface area contributed by atoms with Crippen molar-refractivity contribution in [2.75, 3.05) is 13.1 Å². The Balaban J connectivity index is 1.63. The predicted molar refractivity (Wildman–Crippen MR) is 69.8 cm³/mol. The van der Waals surface area contributed by atoms with E-state index in [0.717, 1.165) is 30.4 Å². The Morgan fingerprint density at radius 1 is 1.47 bits per heavy atom. The SMILES string of the molecule is O=C1C2CC(CN2)N1CCc1cccc(Br)c1. The maximum absolute atomic E-state index is 11.9. The molecular weight excluding hydrogens is 280 g/mol. The molecule has 1 aromatic rings. The lowest BCUT2D eigenvalue weighted by molar-refractivity contribution is -0.132. The quantitative estimate of drug-likeness (QED) is 0.918. The molecule has 0 radical (unpaired) electrons. The van der Waals surface area contributed by atoms with Gasteiger partial charge in [0, 0.05) is 23.6 Å². The summed E-state index contributed by atoms with van der Waals surface area (Å²) in [5, 5.41) is 3.24. The molecule has 0 saturated carbocycles. The number of benzene rings is 1. The number of piperazine rings is 1.